The average molecular weight is 462 g/mol. The van der Waals surface area contributed by atoms with Crippen LogP contribution in [0.2, 0.25) is 0 Å². The number of para-hydroxylation sites is 1. The summed E-state index contributed by atoms with van der Waals surface area (Å²) in [7, 11) is 3.80. The van der Waals surface area contributed by atoms with Gasteiger partial charge in [0.1, 0.15) is 0 Å². The number of nitrogens with zero attached hydrogens (tertiary/aromatic N) is 3. The van der Waals surface area contributed by atoms with E-state index >= 15 is 0 Å². The maximum atomic E-state index is 13.3. The third kappa shape index (κ3) is 4.92. The summed E-state index contributed by atoms with van der Waals surface area (Å²) in [6.07, 6.45) is 5.04. The second-order valence-electron chi connectivity index (χ2n) is 8.96. The number of hydrogen-bond acceptors (Lipinski definition) is 5. The summed E-state index contributed by atoms with van der Waals surface area (Å²) in [6, 6.07) is 16.2. The highest BCUT2D eigenvalue weighted by Gasteiger charge is 2.33. The second kappa shape index (κ2) is 9.57. The molecule has 1 amide bonds. The number of benzene rings is 2. The molecule has 0 unspecified atom stereocenters. The van der Waals surface area contributed by atoms with Gasteiger partial charge in [-0.3, -0.25) is 9.69 Å². The Kier molecular flexibility index (Phi) is 6.77. The Labute approximate surface area is 200 Å². The zero-order chi connectivity index (χ0) is 23.6. The van der Waals surface area contributed by atoms with Gasteiger partial charge in [-0.25, -0.2) is 4.99 Å². The van der Waals surface area contributed by atoms with E-state index in [1.165, 1.54) is 28.6 Å². The van der Waals surface area contributed by atoms with E-state index in [0.29, 0.717) is 23.2 Å². The van der Waals surface area contributed by atoms with E-state index in [9.17, 15) is 4.79 Å². The Bertz CT molecular complexity index is 1140. The summed E-state index contributed by atoms with van der Waals surface area (Å²) in [5.41, 5.74) is 5.50. The highest BCUT2D eigenvalue weighted by atomic mass is 32.2. The van der Waals surface area contributed by atoms with Crippen LogP contribution in [0.5, 0.6) is 0 Å². The van der Waals surface area contributed by atoms with Crippen molar-refractivity contribution < 1.29 is 9.53 Å². The number of allylic oxidation sites excluding steroid dienone is 1. The Morgan fingerprint density at radius 3 is 2.64 bits per heavy atom. The third-order valence-electron chi connectivity index (χ3n) is 6.14. The van der Waals surface area contributed by atoms with Crippen molar-refractivity contribution >= 4 is 45.9 Å². The Morgan fingerprint density at radius 1 is 1.15 bits per heavy atom. The van der Waals surface area contributed by atoms with Gasteiger partial charge in [0.2, 0.25) is 0 Å². The minimum Gasteiger partial charge on any atom is -0.385 e. The molecule has 0 radical (unpaired) electrons. The summed E-state index contributed by atoms with van der Waals surface area (Å²) in [6.45, 7) is 7.77. The molecule has 33 heavy (non-hydrogen) atoms. The predicted octanol–water partition coefficient (Wildman–Crippen LogP) is 5.96. The first-order chi connectivity index (χ1) is 15.8. The zero-order valence-corrected chi connectivity index (χ0v) is 20.8. The van der Waals surface area contributed by atoms with Crippen molar-refractivity contribution in [2.45, 2.75) is 32.7 Å². The van der Waals surface area contributed by atoms with Crippen molar-refractivity contribution in [3.05, 3.63) is 70.6 Å². The van der Waals surface area contributed by atoms with Crippen molar-refractivity contribution in [1.82, 2.24) is 4.90 Å². The molecule has 0 aliphatic carbocycles. The summed E-state index contributed by atoms with van der Waals surface area (Å²) in [4.78, 5) is 22.8. The largest absolute Gasteiger partial charge is 0.385 e. The van der Waals surface area contributed by atoms with Crippen molar-refractivity contribution in [3.63, 3.8) is 0 Å². The van der Waals surface area contributed by atoms with Gasteiger partial charge in [-0.05, 0) is 80.4 Å². The van der Waals surface area contributed by atoms with Crippen molar-refractivity contribution in [3.8, 4) is 0 Å². The molecule has 0 atom stereocenters. The zero-order valence-electron chi connectivity index (χ0n) is 20.0. The molecule has 2 heterocycles. The summed E-state index contributed by atoms with van der Waals surface area (Å²) < 4.78 is 5.19. The lowest BCUT2D eigenvalue weighted by Gasteiger charge is -2.40. The highest BCUT2D eigenvalue weighted by molar-refractivity contribution is 8.18. The van der Waals surface area contributed by atoms with Crippen LogP contribution in [0.1, 0.15) is 38.3 Å². The van der Waals surface area contributed by atoms with Crippen LogP contribution in [0.4, 0.5) is 11.4 Å². The van der Waals surface area contributed by atoms with E-state index in [0.717, 1.165) is 17.7 Å². The molecule has 0 spiro atoms. The lowest BCUT2D eigenvalue weighted by molar-refractivity contribution is -0.122. The molecule has 6 heteroatoms. The molecule has 0 saturated carbocycles. The van der Waals surface area contributed by atoms with E-state index in [1.807, 2.05) is 36.4 Å². The number of amides is 1. The number of rotatable bonds is 6. The average Bonchev–Trinajstić information content (AvgIpc) is 3.07. The van der Waals surface area contributed by atoms with Crippen molar-refractivity contribution in [1.29, 1.82) is 0 Å². The number of anilines is 1. The van der Waals surface area contributed by atoms with Crippen LogP contribution in [-0.2, 0) is 9.53 Å². The molecule has 4 rings (SSSR count). The minimum absolute atomic E-state index is 0.00554. The molecule has 0 aromatic heterocycles. The molecular weight excluding hydrogens is 430 g/mol. The molecule has 0 N–H and O–H groups in total. The smallest absolute Gasteiger partial charge is 0.266 e. The predicted molar refractivity (Wildman–Crippen MR) is 140 cm³/mol. The van der Waals surface area contributed by atoms with Crippen molar-refractivity contribution in [2.24, 2.45) is 4.99 Å². The Morgan fingerprint density at radius 2 is 1.91 bits per heavy atom. The number of likely N-dealkylation sites (N-methyl/N-ethyl adjacent to an activating group) is 1. The topological polar surface area (TPSA) is 45.1 Å². The molecule has 2 aliphatic heterocycles. The number of hydrogen-bond donors (Lipinski definition) is 0. The van der Waals surface area contributed by atoms with Crippen LogP contribution in [0.3, 0.4) is 0 Å². The first-order valence-corrected chi connectivity index (χ1v) is 12.0. The maximum Gasteiger partial charge on any atom is 0.266 e. The number of carbonyl (C=O) groups excluding carboxylic acids is 1. The molecule has 1 fully saturated rings. The lowest BCUT2D eigenvalue weighted by Crippen LogP contribution is -2.42. The number of carbonyl (C=O) groups is 1. The minimum atomic E-state index is -0.0279. The first-order valence-electron chi connectivity index (χ1n) is 11.2. The molecule has 0 bridgehead atoms. The van der Waals surface area contributed by atoms with Gasteiger partial charge < -0.3 is 9.64 Å². The second-order valence-corrected chi connectivity index (χ2v) is 9.97. The fraction of sp³-hybridized carbons (Fsp3) is 0.333. The SMILES string of the molecule is COCCCN1C(=O)/C(=C/c2ccc3c(c2)C(C)=CC(C)(C)N3C)SC1=Nc1ccccc1. The molecule has 2 aromatic rings. The normalized spacial score (nSPS) is 19.9. The number of amidine groups is 1. The van der Waals surface area contributed by atoms with Crippen LogP contribution in [0.15, 0.2) is 64.5 Å². The van der Waals surface area contributed by atoms with E-state index in [1.54, 1.807) is 12.0 Å². The van der Waals surface area contributed by atoms with E-state index in [-0.39, 0.29) is 11.4 Å². The highest BCUT2D eigenvalue weighted by Crippen LogP contribution is 2.39. The number of aliphatic imine (C=N–C) groups is 1. The van der Waals surface area contributed by atoms with E-state index in [4.69, 9.17) is 9.73 Å². The van der Waals surface area contributed by atoms with Crippen molar-refractivity contribution in [2.75, 3.05) is 32.2 Å². The third-order valence-corrected chi connectivity index (χ3v) is 7.14. The number of ether oxygens (including phenoxy) is 1. The van der Waals surface area contributed by atoms with Crippen LogP contribution in [0, 0.1) is 0 Å². The van der Waals surface area contributed by atoms with Crippen LogP contribution in [-0.4, -0.2) is 48.8 Å². The quantitative estimate of drug-likeness (QED) is 0.393. The van der Waals surface area contributed by atoms with Crippen LogP contribution >= 0.6 is 11.8 Å². The summed E-state index contributed by atoms with van der Waals surface area (Å²) in [5.74, 6) is -0.00554. The summed E-state index contributed by atoms with van der Waals surface area (Å²) in [5, 5.41) is 0.712. The number of fused-ring (bicyclic) bond motifs is 1. The van der Waals surface area contributed by atoms with Gasteiger partial charge in [0, 0.05) is 38.6 Å². The molecule has 2 aromatic carbocycles. The Balaban J connectivity index is 1.66. The first kappa shape index (κ1) is 23.3. The summed E-state index contributed by atoms with van der Waals surface area (Å²) >= 11 is 1.43. The van der Waals surface area contributed by atoms with Gasteiger partial charge >= 0.3 is 0 Å². The molecule has 2 aliphatic rings. The number of thioether (sulfide) groups is 1. The fourth-order valence-electron chi connectivity index (χ4n) is 4.19. The van der Waals surface area contributed by atoms with Gasteiger partial charge in [-0.15, -0.1) is 0 Å². The standard InChI is InChI=1S/C27H31N3O2S/c1-19-18-27(2,3)29(4)23-13-12-20(16-22(19)23)17-24-25(31)30(14-9-15-32-5)26(33-24)28-21-10-7-6-8-11-21/h6-8,10-13,16-18H,9,14-15H2,1-5H3/b24-17-,28-26?. The van der Waals surface area contributed by atoms with Gasteiger partial charge in [0.25, 0.3) is 5.91 Å². The maximum absolute atomic E-state index is 13.3. The fourth-order valence-corrected chi connectivity index (χ4v) is 5.21. The molecule has 1 saturated heterocycles. The van der Waals surface area contributed by atoms with Crippen LogP contribution in [0.25, 0.3) is 11.6 Å². The molecular formula is C27H31N3O2S. The Hall–Kier alpha value is -2.83. The van der Waals surface area contributed by atoms with Gasteiger partial charge in [0.05, 0.1) is 16.1 Å². The van der Waals surface area contributed by atoms with Gasteiger partial charge in [-0.2, -0.15) is 0 Å². The lowest BCUT2D eigenvalue weighted by atomic mass is 9.88. The monoisotopic (exact) mass is 461 g/mol. The van der Waals surface area contributed by atoms with Gasteiger partial charge in [0.15, 0.2) is 5.17 Å². The van der Waals surface area contributed by atoms with Crippen LogP contribution < -0.4 is 4.90 Å². The molecule has 5 nitrogen and oxygen atoms in total. The van der Waals surface area contributed by atoms with E-state index in [2.05, 4.69) is 57.0 Å². The number of methoxy groups -OCH3 is 1. The van der Waals surface area contributed by atoms with E-state index < -0.39 is 0 Å². The van der Waals surface area contributed by atoms with Gasteiger partial charge in [-0.1, -0.05) is 30.3 Å². The molecule has 172 valence electrons.